The number of rotatable bonds is 5. The summed E-state index contributed by atoms with van der Waals surface area (Å²) in [5.74, 6) is -0.254. The highest BCUT2D eigenvalue weighted by atomic mass is 32.1. The van der Waals surface area contributed by atoms with Gasteiger partial charge in [-0.2, -0.15) is 0 Å². The molecule has 1 aliphatic rings. The largest absolute Gasteiger partial charge is 0.490 e. The summed E-state index contributed by atoms with van der Waals surface area (Å²) in [7, 11) is 0. The molecule has 0 aliphatic heterocycles. The van der Waals surface area contributed by atoms with Crippen LogP contribution in [0.2, 0.25) is 0 Å². The van der Waals surface area contributed by atoms with Crippen LogP contribution >= 0.6 is 11.3 Å². The number of thiophene rings is 1. The Morgan fingerprint density at radius 1 is 1.20 bits per heavy atom. The number of para-hydroxylation sites is 1. The number of fused-ring (bicyclic) bond motifs is 1. The Balaban J connectivity index is 1.92. The van der Waals surface area contributed by atoms with Crippen LogP contribution in [0, 0.1) is 0 Å². The van der Waals surface area contributed by atoms with Crippen molar-refractivity contribution in [2.24, 2.45) is 5.73 Å². The maximum Gasteiger partial charge on any atom is 0.260 e. The van der Waals surface area contributed by atoms with Crippen molar-refractivity contribution in [1.82, 2.24) is 0 Å². The minimum atomic E-state index is -0.485. The van der Waals surface area contributed by atoms with E-state index in [1.807, 2.05) is 19.9 Å². The van der Waals surface area contributed by atoms with E-state index >= 15 is 0 Å². The molecule has 2 amide bonds. The normalized spacial score (nSPS) is 13.4. The molecule has 5 nitrogen and oxygen atoms in total. The Kier molecular flexibility index (Phi) is 5.08. The lowest BCUT2D eigenvalue weighted by molar-refractivity contribution is 0.100. The first-order valence-electron chi connectivity index (χ1n) is 8.48. The summed E-state index contributed by atoms with van der Waals surface area (Å²) in [5, 5.41) is 3.42. The molecule has 1 aromatic carbocycles. The van der Waals surface area contributed by atoms with E-state index in [4.69, 9.17) is 10.5 Å². The summed E-state index contributed by atoms with van der Waals surface area (Å²) in [6.07, 6.45) is 3.88. The number of anilines is 1. The highest BCUT2D eigenvalue weighted by molar-refractivity contribution is 7.17. The van der Waals surface area contributed by atoms with Gasteiger partial charge < -0.3 is 15.8 Å². The second-order valence-electron chi connectivity index (χ2n) is 6.40. The summed E-state index contributed by atoms with van der Waals surface area (Å²) < 4.78 is 5.71. The van der Waals surface area contributed by atoms with E-state index in [9.17, 15) is 9.59 Å². The van der Waals surface area contributed by atoms with Crippen molar-refractivity contribution < 1.29 is 14.3 Å². The lowest BCUT2D eigenvalue weighted by atomic mass is 9.95. The van der Waals surface area contributed by atoms with Crippen molar-refractivity contribution in [3.63, 3.8) is 0 Å². The van der Waals surface area contributed by atoms with Gasteiger partial charge in [-0.25, -0.2) is 0 Å². The summed E-state index contributed by atoms with van der Waals surface area (Å²) in [4.78, 5) is 25.9. The van der Waals surface area contributed by atoms with Gasteiger partial charge in [0.15, 0.2) is 0 Å². The molecule has 6 heteroatoms. The zero-order chi connectivity index (χ0) is 18.0. The summed E-state index contributed by atoms with van der Waals surface area (Å²) in [6, 6.07) is 7.09. The first-order valence-corrected chi connectivity index (χ1v) is 9.30. The molecule has 1 heterocycles. The fraction of sp³-hybridized carbons (Fsp3) is 0.368. The van der Waals surface area contributed by atoms with E-state index in [1.54, 1.807) is 18.2 Å². The molecule has 3 rings (SSSR count). The average molecular weight is 358 g/mol. The third-order valence-electron chi connectivity index (χ3n) is 4.14. The summed E-state index contributed by atoms with van der Waals surface area (Å²) >= 11 is 1.46. The van der Waals surface area contributed by atoms with Crippen LogP contribution in [0.4, 0.5) is 5.00 Å². The fourth-order valence-electron chi connectivity index (χ4n) is 3.10. The number of ether oxygens (including phenoxy) is 1. The van der Waals surface area contributed by atoms with Gasteiger partial charge in [0.05, 0.1) is 17.2 Å². The van der Waals surface area contributed by atoms with Gasteiger partial charge in [0.1, 0.15) is 10.8 Å². The van der Waals surface area contributed by atoms with Crippen LogP contribution in [0.1, 0.15) is 57.8 Å². The van der Waals surface area contributed by atoms with Crippen LogP contribution in [0.25, 0.3) is 0 Å². The SMILES string of the molecule is CC(C)Oc1ccccc1C(=O)Nc1sc2c(c1C(N)=O)CCCC2. The Morgan fingerprint density at radius 2 is 1.92 bits per heavy atom. The Bertz CT molecular complexity index is 811. The van der Waals surface area contributed by atoms with Crippen LogP contribution in [0.15, 0.2) is 24.3 Å². The molecule has 132 valence electrons. The van der Waals surface area contributed by atoms with Crippen molar-refractivity contribution in [3.8, 4) is 5.75 Å². The molecule has 1 aromatic heterocycles. The molecule has 0 fully saturated rings. The van der Waals surface area contributed by atoms with E-state index in [0.29, 0.717) is 21.9 Å². The molecule has 0 saturated heterocycles. The van der Waals surface area contributed by atoms with Gasteiger partial charge in [-0.1, -0.05) is 12.1 Å². The second kappa shape index (κ2) is 7.27. The van der Waals surface area contributed by atoms with E-state index in [1.165, 1.54) is 11.3 Å². The van der Waals surface area contributed by atoms with Gasteiger partial charge in [-0.15, -0.1) is 11.3 Å². The van der Waals surface area contributed by atoms with Gasteiger partial charge in [0.25, 0.3) is 11.8 Å². The monoisotopic (exact) mass is 358 g/mol. The lowest BCUT2D eigenvalue weighted by Crippen LogP contribution is -2.19. The first kappa shape index (κ1) is 17.5. The summed E-state index contributed by atoms with van der Waals surface area (Å²) in [5.41, 5.74) is 7.50. The predicted octanol–water partition coefficient (Wildman–Crippen LogP) is 3.77. The predicted molar refractivity (Wildman–Crippen MR) is 99.6 cm³/mol. The van der Waals surface area contributed by atoms with Crippen LogP contribution < -0.4 is 15.8 Å². The number of primary amides is 1. The van der Waals surface area contributed by atoms with Gasteiger partial charge in [-0.3, -0.25) is 9.59 Å². The Labute approximate surface area is 151 Å². The zero-order valence-electron chi connectivity index (χ0n) is 14.4. The highest BCUT2D eigenvalue weighted by Crippen LogP contribution is 2.38. The van der Waals surface area contributed by atoms with E-state index in [0.717, 1.165) is 36.1 Å². The topological polar surface area (TPSA) is 81.4 Å². The number of nitrogens with two attached hydrogens (primary N) is 1. The molecular weight excluding hydrogens is 336 g/mol. The third kappa shape index (κ3) is 3.69. The molecular formula is C19H22N2O3S. The molecule has 2 aromatic rings. The lowest BCUT2D eigenvalue weighted by Gasteiger charge is -2.14. The van der Waals surface area contributed by atoms with Gasteiger partial charge >= 0.3 is 0 Å². The van der Waals surface area contributed by atoms with Crippen molar-refractivity contribution >= 4 is 28.2 Å². The van der Waals surface area contributed by atoms with Crippen LogP contribution in [-0.4, -0.2) is 17.9 Å². The second-order valence-corrected chi connectivity index (χ2v) is 7.50. The minimum absolute atomic E-state index is 0.0378. The fourth-order valence-corrected chi connectivity index (χ4v) is 4.39. The number of hydrogen-bond donors (Lipinski definition) is 2. The standard InChI is InChI=1S/C19H22N2O3S/c1-11(2)24-14-9-5-3-7-12(14)18(23)21-19-16(17(20)22)13-8-4-6-10-15(13)25-19/h3,5,7,9,11H,4,6,8,10H2,1-2H3,(H2,20,22)(H,21,23). The molecule has 0 spiro atoms. The number of carbonyl (C=O) groups excluding carboxylic acids is 2. The summed E-state index contributed by atoms with van der Waals surface area (Å²) in [6.45, 7) is 3.82. The number of carbonyl (C=O) groups is 2. The number of amides is 2. The van der Waals surface area contributed by atoms with E-state index < -0.39 is 5.91 Å². The van der Waals surface area contributed by atoms with Crippen LogP contribution in [0.5, 0.6) is 5.75 Å². The molecule has 1 aliphatic carbocycles. The van der Waals surface area contributed by atoms with E-state index in [2.05, 4.69) is 5.32 Å². The maximum atomic E-state index is 12.8. The number of nitrogens with one attached hydrogen (secondary N) is 1. The van der Waals surface area contributed by atoms with Gasteiger partial charge in [0, 0.05) is 4.88 Å². The third-order valence-corrected chi connectivity index (χ3v) is 5.35. The Hall–Kier alpha value is -2.34. The molecule has 0 radical (unpaired) electrons. The molecule has 0 saturated carbocycles. The number of hydrogen-bond acceptors (Lipinski definition) is 4. The van der Waals surface area contributed by atoms with Crippen molar-refractivity contribution in [2.45, 2.75) is 45.6 Å². The van der Waals surface area contributed by atoms with Crippen molar-refractivity contribution in [3.05, 3.63) is 45.8 Å². The average Bonchev–Trinajstić information content (AvgIpc) is 2.92. The maximum absolute atomic E-state index is 12.8. The minimum Gasteiger partial charge on any atom is -0.490 e. The highest BCUT2D eigenvalue weighted by Gasteiger charge is 2.25. The number of aryl methyl sites for hydroxylation is 1. The smallest absolute Gasteiger partial charge is 0.260 e. The molecule has 3 N–H and O–H groups in total. The van der Waals surface area contributed by atoms with Crippen LogP contribution in [0.3, 0.4) is 0 Å². The van der Waals surface area contributed by atoms with Gasteiger partial charge in [-0.05, 0) is 57.2 Å². The molecule has 0 atom stereocenters. The Morgan fingerprint density at radius 3 is 2.64 bits per heavy atom. The molecule has 0 unspecified atom stereocenters. The van der Waals surface area contributed by atoms with Crippen molar-refractivity contribution in [2.75, 3.05) is 5.32 Å². The van der Waals surface area contributed by atoms with E-state index in [-0.39, 0.29) is 12.0 Å². The molecule has 0 bridgehead atoms. The van der Waals surface area contributed by atoms with Gasteiger partial charge in [0.2, 0.25) is 0 Å². The first-order chi connectivity index (χ1) is 12.0. The van der Waals surface area contributed by atoms with Crippen LogP contribution in [-0.2, 0) is 12.8 Å². The van der Waals surface area contributed by atoms with Crippen molar-refractivity contribution in [1.29, 1.82) is 0 Å². The number of benzene rings is 1. The quantitative estimate of drug-likeness (QED) is 0.854. The zero-order valence-corrected chi connectivity index (χ0v) is 15.2. The molecule has 25 heavy (non-hydrogen) atoms.